The Labute approximate surface area is 145 Å². The first-order valence-electron chi connectivity index (χ1n) is 9.82. The van der Waals surface area contributed by atoms with E-state index in [0.717, 1.165) is 58.2 Å². The normalized spacial score (nSPS) is 53.8. The molecule has 2 aliphatic carbocycles. The minimum Gasteiger partial charge on any atom is -0.462 e. The quantitative estimate of drug-likeness (QED) is 0.803. The van der Waals surface area contributed by atoms with Crippen molar-refractivity contribution in [3.8, 4) is 0 Å². The van der Waals surface area contributed by atoms with Crippen LogP contribution in [0.5, 0.6) is 0 Å². The summed E-state index contributed by atoms with van der Waals surface area (Å²) in [5.74, 6) is 0.884. The number of esters is 1. The van der Waals surface area contributed by atoms with Gasteiger partial charge in [0.25, 0.3) is 0 Å². The van der Waals surface area contributed by atoms with Gasteiger partial charge in [-0.2, -0.15) is 0 Å². The van der Waals surface area contributed by atoms with Crippen LogP contribution in [0.25, 0.3) is 0 Å². The highest BCUT2D eigenvalue weighted by atomic mass is 16.6. The van der Waals surface area contributed by atoms with Crippen molar-refractivity contribution < 1.29 is 19.4 Å². The minimum atomic E-state index is -0.702. The molecule has 24 heavy (non-hydrogen) atoms. The third-order valence-electron chi connectivity index (χ3n) is 8.21. The predicted octanol–water partition coefficient (Wildman–Crippen LogP) is 3.31. The maximum Gasteiger partial charge on any atom is 0.312 e. The Morgan fingerprint density at radius 3 is 2.79 bits per heavy atom. The van der Waals surface area contributed by atoms with Crippen LogP contribution in [-0.4, -0.2) is 36.0 Å². The summed E-state index contributed by atoms with van der Waals surface area (Å²) < 4.78 is 11.3. The van der Waals surface area contributed by atoms with Gasteiger partial charge >= 0.3 is 5.97 Å². The van der Waals surface area contributed by atoms with E-state index in [1.54, 1.807) is 0 Å². The fraction of sp³-hybridized carbons (Fsp3) is 0.950. The molecule has 2 aliphatic heterocycles. The van der Waals surface area contributed by atoms with Gasteiger partial charge in [-0.3, -0.25) is 4.79 Å². The third kappa shape index (κ3) is 2.08. The number of ether oxygens (including phenoxy) is 2. The van der Waals surface area contributed by atoms with Gasteiger partial charge in [-0.05, 0) is 57.3 Å². The first-order valence-corrected chi connectivity index (χ1v) is 9.82. The van der Waals surface area contributed by atoms with E-state index < -0.39 is 11.0 Å². The van der Waals surface area contributed by atoms with Gasteiger partial charge in [0.2, 0.25) is 0 Å². The largest absolute Gasteiger partial charge is 0.462 e. The van der Waals surface area contributed by atoms with Gasteiger partial charge in [-0.1, -0.05) is 20.3 Å². The maximum absolute atomic E-state index is 12.6. The molecular formula is C20H32O4. The van der Waals surface area contributed by atoms with E-state index in [1.807, 2.05) is 0 Å². The summed E-state index contributed by atoms with van der Waals surface area (Å²) in [5.41, 5.74) is -1.33. The Bertz CT molecular complexity index is 528. The van der Waals surface area contributed by atoms with Crippen LogP contribution >= 0.6 is 0 Å². The second-order valence-electron chi connectivity index (χ2n) is 9.44. The van der Waals surface area contributed by atoms with E-state index in [2.05, 4.69) is 20.8 Å². The SMILES string of the molecule is C[C@@H]1C[C@H]2OC(=O)[C@@]3(C)CCC[C@](C)(C23)[C@@]1(O)CCC1CCOC1. The summed E-state index contributed by atoms with van der Waals surface area (Å²) >= 11 is 0. The van der Waals surface area contributed by atoms with Gasteiger partial charge in [0, 0.05) is 24.5 Å². The number of carbonyl (C=O) groups is 1. The van der Waals surface area contributed by atoms with Crippen molar-refractivity contribution in [1.82, 2.24) is 0 Å². The molecule has 4 aliphatic rings. The van der Waals surface area contributed by atoms with Crippen molar-refractivity contribution in [2.24, 2.45) is 28.6 Å². The average Bonchev–Trinajstić information content (AvgIpc) is 3.12. The first-order chi connectivity index (χ1) is 11.3. The molecule has 0 spiro atoms. The lowest BCUT2D eigenvalue weighted by Crippen LogP contribution is -2.65. The van der Waals surface area contributed by atoms with Gasteiger partial charge in [0.1, 0.15) is 6.10 Å². The average molecular weight is 336 g/mol. The summed E-state index contributed by atoms with van der Waals surface area (Å²) in [4.78, 5) is 12.6. The Hall–Kier alpha value is -0.610. The zero-order valence-corrected chi connectivity index (χ0v) is 15.3. The maximum atomic E-state index is 12.6. The molecule has 2 unspecified atom stereocenters. The van der Waals surface area contributed by atoms with Crippen LogP contribution in [-0.2, 0) is 14.3 Å². The number of hydrogen-bond acceptors (Lipinski definition) is 4. The molecule has 4 heteroatoms. The summed E-state index contributed by atoms with van der Waals surface area (Å²) in [5, 5.41) is 11.9. The van der Waals surface area contributed by atoms with Crippen LogP contribution < -0.4 is 0 Å². The number of hydrogen-bond donors (Lipinski definition) is 1. The molecule has 2 saturated heterocycles. The fourth-order valence-corrected chi connectivity index (χ4v) is 6.77. The summed E-state index contributed by atoms with van der Waals surface area (Å²) in [6, 6.07) is 0. The van der Waals surface area contributed by atoms with Crippen LogP contribution in [0.4, 0.5) is 0 Å². The highest BCUT2D eigenvalue weighted by molar-refractivity contribution is 5.80. The Morgan fingerprint density at radius 2 is 2.08 bits per heavy atom. The van der Waals surface area contributed by atoms with Crippen LogP contribution in [0.15, 0.2) is 0 Å². The van der Waals surface area contributed by atoms with Crippen LogP contribution in [0.1, 0.15) is 65.7 Å². The van der Waals surface area contributed by atoms with E-state index >= 15 is 0 Å². The summed E-state index contributed by atoms with van der Waals surface area (Å²) in [6.07, 6.45) is 6.69. The van der Waals surface area contributed by atoms with Crippen molar-refractivity contribution in [2.45, 2.75) is 77.4 Å². The summed E-state index contributed by atoms with van der Waals surface area (Å²) in [6.45, 7) is 8.18. The molecule has 7 atom stereocenters. The Kier molecular flexibility index (Phi) is 3.82. The van der Waals surface area contributed by atoms with Crippen molar-refractivity contribution >= 4 is 5.97 Å². The lowest BCUT2D eigenvalue weighted by atomic mass is 9.44. The van der Waals surface area contributed by atoms with E-state index in [0.29, 0.717) is 5.92 Å². The molecule has 0 bridgehead atoms. The zero-order valence-electron chi connectivity index (χ0n) is 15.3. The van der Waals surface area contributed by atoms with Gasteiger partial charge in [0.15, 0.2) is 0 Å². The van der Waals surface area contributed by atoms with E-state index in [-0.39, 0.29) is 29.3 Å². The van der Waals surface area contributed by atoms with Crippen molar-refractivity contribution in [3.63, 3.8) is 0 Å². The first kappa shape index (κ1) is 16.8. The molecule has 1 N–H and O–H groups in total. The molecule has 2 heterocycles. The molecule has 0 amide bonds. The third-order valence-corrected chi connectivity index (χ3v) is 8.21. The molecule has 0 aromatic heterocycles. The van der Waals surface area contributed by atoms with Gasteiger partial charge in [-0.25, -0.2) is 0 Å². The van der Waals surface area contributed by atoms with E-state index in [9.17, 15) is 9.90 Å². The summed E-state index contributed by atoms with van der Waals surface area (Å²) in [7, 11) is 0. The Balaban J connectivity index is 1.65. The lowest BCUT2D eigenvalue weighted by molar-refractivity contribution is -0.219. The topological polar surface area (TPSA) is 55.8 Å². The molecule has 4 rings (SSSR count). The smallest absolute Gasteiger partial charge is 0.312 e. The van der Waals surface area contributed by atoms with E-state index in [1.165, 1.54) is 0 Å². The molecule has 0 aromatic carbocycles. The molecule has 2 saturated carbocycles. The van der Waals surface area contributed by atoms with Crippen molar-refractivity contribution in [1.29, 1.82) is 0 Å². The molecule has 0 radical (unpaired) electrons. The molecule has 4 nitrogen and oxygen atoms in total. The molecule has 4 fully saturated rings. The highest BCUT2D eigenvalue weighted by Crippen LogP contribution is 2.67. The standard InChI is InChI=1S/C20H32O4/c1-13-11-15-16-18(2,17(21)24-15)7-4-8-19(16,3)20(13,22)9-5-14-6-10-23-12-14/h13-16,22H,4-12H2,1-3H3/t13-,14?,15-,16?,18+,19-,20-/m1/s1. The van der Waals surface area contributed by atoms with Crippen LogP contribution in [0.2, 0.25) is 0 Å². The van der Waals surface area contributed by atoms with Crippen molar-refractivity contribution in [2.75, 3.05) is 13.2 Å². The van der Waals surface area contributed by atoms with Gasteiger partial charge < -0.3 is 14.6 Å². The molecular weight excluding hydrogens is 304 g/mol. The van der Waals surface area contributed by atoms with Gasteiger partial charge in [-0.15, -0.1) is 0 Å². The molecule has 0 aromatic rings. The lowest BCUT2D eigenvalue weighted by Gasteiger charge is -2.61. The monoisotopic (exact) mass is 336 g/mol. The zero-order chi connectivity index (χ0) is 17.2. The number of rotatable bonds is 3. The fourth-order valence-electron chi connectivity index (χ4n) is 6.77. The number of aliphatic hydroxyl groups is 1. The van der Waals surface area contributed by atoms with Crippen LogP contribution in [0, 0.1) is 28.6 Å². The predicted molar refractivity (Wildman–Crippen MR) is 90.3 cm³/mol. The number of carbonyl (C=O) groups excluding carboxylic acids is 1. The highest BCUT2D eigenvalue weighted by Gasteiger charge is 2.71. The van der Waals surface area contributed by atoms with E-state index in [4.69, 9.17) is 9.47 Å². The molecule has 136 valence electrons. The van der Waals surface area contributed by atoms with Gasteiger partial charge in [0.05, 0.1) is 11.0 Å². The second-order valence-corrected chi connectivity index (χ2v) is 9.44. The second kappa shape index (κ2) is 5.44. The minimum absolute atomic E-state index is 0.00195. The van der Waals surface area contributed by atoms with Crippen molar-refractivity contribution in [3.05, 3.63) is 0 Å². The van der Waals surface area contributed by atoms with Crippen LogP contribution in [0.3, 0.4) is 0 Å². The Morgan fingerprint density at radius 1 is 1.29 bits per heavy atom.